The molecule has 0 aliphatic heterocycles. The maximum absolute atomic E-state index is 11.7. The van der Waals surface area contributed by atoms with Crippen molar-refractivity contribution in [2.75, 3.05) is 20.6 Å². The number of carbonyl (C=O) groups excluding carboxylic acids is 1. The molecule has 0 heterocycles. The number of benzene rings is 1. The highest BCUT2D eigenvalue weighted by molar-refractivity contribution is 5.93. The maximum atomic E-state index is 11.7. The summed E-state index contributed by atoms with van der Waals surface area (Å²) in [6.07, 6.45) is 2.21. The van der Waals surface area contributed by atoms with Crippen molar-refractivity contribution in [2.45, 2.75) is 26.3 Å². The van der Waals surface area contributed by atoms with Gasteiger partial charge < -0.3 is 16.0 Å². The van der Waals surface area contributed by atoms with Crippen LogP contribution < -0.4 is 11.1 Å². The Hall–Kier alpha value is -2.04. The van der Waals surface area contributed by atoms with Crippen LogP contribution in [0, 0.1) is 0 Å². The summed E-state index contributed by atoms with van der Waals surface area (Å²) in [5.41, 5.74) is 7.46. The van der Waals surface area contributed by atoms with E-state index in [1.807, 2.05) is 24.3 Å². The highest BCUT2D eigenvalue weighted by atomic mass is 16.2. The molecular weight excluding hydrogens is 252 g/mol. The normalized spacial score (nSPS) is 11.2. The molecule has 5 heteroatoms. The molecule has 0 radical (unpaired) electrons. The van der Waals surface area contributed by atoms with Crippen LogP contribution in [0.3, 0.4) is 0 Å². The molecule has 0 unspecified atom stereocenters. The Balaban J connectivity index is 2.53. The van der Waals surface area contributed by atoms with Crippen molar-refractivity contribution in [3.8, 4) is 0 Å². The van der Waals surface area contributed by atoms with E-state index in [-0.39, 0.29) is 5.91 Å². The van der Waals surface area contributed by atoms with Crippen LogP contribution in [0.4, 0.5) is 0 Å². The number of unbranched alkanes of at least 4 members (excludes halogenated alkanes) is 1. The van der Waals surface area contributed by atoms with Gasteiger partial charge in [0.05, 0.1) is 6.54 Å². The number of hydrogen-bond donors (Lipinski definition) is 2. The summed E-state index contributed by atoms with van der Waals surface area (Å²) in [5, 5.41) is 3.07. The number of aliphatic imine (C=N–C) groups is 1. The Morgan fingerprint density at radius 3 is 2.50 bits per heavy atom. The SMILES string of the molecule is CCCCNC(N)=NCc1ccc(C(=O)N(C)C)cc1. The molecule has 1 amide bonds. The fraction of sp³-hybridized carbons (Fsp3) is 0.467. The van der Waals surface area contributed by atoms with Gasteiger partial charge in [-0.1, -0.05) is 25.5 Å². The average molecular weight is 276 g/mol. The molecule has 0 atom stereocenters. The van der Waals surface area contributed by atoms with Gasteiger partial charge in [-0.25, -0.2) is 4.99 Å². The maximum Gasteiger partial charge on any atom is 0.253 e. The van der Waals surface area contributed by atoms with E-state index in [2.05, 4.69) is 17.2 Å². The van der Waals surface area contributed by atoms with E-state index in [9.17, 15) is 4.79 Å². The van der Waals surface area contributed by atoms with Crippen molar-refractivity contribution in [1.82, 2.24) is 10.2 Å². The van der Waals surface area contributed by atoms with Gasteiger partial charge in [0.2, 0.25) is 0 Å². The number of nitrogens with two attached hydrogens (primary N) is 1. The molecule has 0 bridgehead atoms. The van der Waals surface area contributed by atoms with Crippen LogP contribution in [0.5, 0.6) is 0 Å². The topological polar surface area (TPSA) is 70.7 Å². The summed E-state index contributed by atoms with van der Waals surface area (Å²) in [4.78, 5) is 17.6. The number of nitrogens with zero attached hydrogens (tertiary/aromatic N) is 2. The quantitative estimate of drug-likeness (QED) is 0.471. The van der Waals surface area contributed by atoms with E-state index < -0.39 is 0 Å². The first-order valence-electron chi connectivity index (χ1n) is 6.89. The third kappa shape index (κ3) is 5.30. The first-order chi connectivity index (χ1) is 9.54. The molecular formula is C15H24N4O. The summed E-state index contributed by atoms with van der Waals surface area (Å²) in [6.45, 7) is 3.50. The highest BCUT2D eigenvalue weighted by Gasteiger charge is 2.06. The molecule has 0 fully saturated rings. The van der Waals surface area contributed by atoms with Crippen molar-refractivity contribution in [3.63, 3.8) is 0 Å². The van der Waals surface area contributed by atoms with Gasteiger partial charge in [0.25, 0.3) is 5.91 Å². The monoisotopic (exact) mass is 276 g/mol. The lowest BCUT2D eigenvalue weighted by Gasteiger charge is -2.10. The summed E-state index contributed by atoms with van der Waals surface area (Å²) in [5.74, 6) is 0.465. The van der Waals surface area contributed by atoms with Gasteiger partial charge in [0.1, 0.15) is 0 Å². The van der Waals surface area contributed by atoms with Crippen LogP contribution in [0.1, 0.15) is 35.7 Å². The minimum Gasteiger partial charge on any atom is -0.370 e. The van der Waals surface area contributed by atoms with Gasteiger partial charge in [-0.2, -0.15) is 0 Å². The number of nitrogens with one attached hydrogen (secondary N) is 1. The average Bonchev–Trinajstić information content (AvgIpc) is 2.45. The third-order valence-electron chi connectivity index (χ3n) is 2.88. The van der Waals surface area contributed by atoms with E-state index in [0.717, 1.165) is 24.9 Å². The Bertz CT molecular complexity index is 451. The van der Waals surface area contributed by atoms with Crippen LogP contribution in [0.15, 0.2) is 29.3 Å². The van der Waals surface area contributed by atoms with Gasteiger partial charge in [0, 0.05) is 26.2 Å². The summed E-state index contributed by atoms with van der Waals surface area (Å²) >= 11 is 0. The highest BCUT2D eigenvalue weighted by Crippen LogP contribution is 2.07. The Morgan fingerprint density at radius 1 is 1.30 bits per heavy atom. The van der Waals surface area contributed by atoms with E-state index in [1.165, 1.54) is 0 Å². The van der Waals surface area contributed by atoms with Crippen molar-refractivity contribution in [3.05, 3.63) is 35.4 Å². The molecule has 0 saturated carbocycles. The largest absolute Gasteiger partial charge is 0.370 e. The molecule has 0 aromatic heterocycles. The smallest absolute Gasteiger partial charge is 0.253 e. The molecule has 20 heavy (non-hydrogen) atoms. The first-order valence-corrected chi connectivity index (χ1v) is 6.89. The first kappa shape index (κ1) is 16.0. The van der Waals surface area contributed by atoms with Gasteiger partial charge in [-0.05, 0) is 24.1 Å². The van der Waals surface area contributed by atoms with Gasteiger partial charge in [-0.15, -0.1) is 0 Å². The number of rotatable bonds is 6. The zero-order valence-electron chi connectivity index (χ0n) is 12.5. The molecule has 110 valence electrons. The van der Waals surface area contributed by atoms with Crippen LogP contribution in [0.25, 0.3) is 0 Å². The summed E-state index contributed by atoms with van der Waals surface area (Å²) < 4.78 is 0. The number of hydrogen-bond acceptors (Lipinski definition) is 2. The molecule has 1 aromatic rings. The third-order valence-corrected chi connectivity index (χ3v) is 2.88. The molecule has 1 aromatic carbocycles. The minimum absolute atomic E-state index is 0.000738. The lowest BCUT2D eigenvalue weighted by Crippen LogP contribution is -2.32. The molecule has 5 nitrogen and oxygen atoms in total. The van der Waals surface area contributed by atoms with Crippen LogP contribution in [-0.2, 0) is 6.54 Å². The fourth-order valence-electron chi connectivity index (χ4n) is 1.64. The molecule has 0 spiro atoms. The second-order valence-corrected chi connectivity index (χ2v) is 4.88. The van der Waals surface area contributed by atoms with E-state index in [4.69, 9.17) is 5.73 Å². The fourth-order valence-corrected chi connectivity index (χ4v) is 1.64. The van der Waals surface area contributed by atoms with Gasteiger partial charge in [0.15, 0.2) is 5.96 Å². The minimum atomic E-state index is 0.000738. The van der Waals surface area contributed by atoms with Gasteiger partial charge in [-0.3, -0.25) is 4.79 Å². The predicted octanol–water partition coefficient (Wildman–Crippen LogP) is 1.59. The zero-order valence-corrected chi connectivity index (χ0v) is 12.5. The molecule has 3 N–H and O–H groups in total. The molecule has 1 rings (SSSR count). The van der Waals surface area contributed by atoms with Gasteiger partial charge >= 0.3 is 0 Å². The Labute approximate surface area is 120 Å². The van der Waals surface area contributed by atoms with E-state index in [1.54, 1.807) is 19.0 Å². The lowest BCUT2D eigenvalue weighted by atomic mass is 10.1. The number of carbonyl (C=O) groups is 1. The zero-order chi connectivity index (χ0) is 15.0. The number of amides is 1. The molecule has 0 aliphatic carbocycles. The van der Waals surface area contributed by atoms with E-state index >= 15 is 0 Å². The van der Waals surface area contributed by atoms with Crippen molar-refractivity contribution in [1.29, 1.82) is 0 Å². The molecule has 0 saturated heterocycles. The lowest BCUT2D eigenvalue weighted by molar-refractivity contribution is 0.0827. The van der Waals surface area contributed by atoms with Crippen LogP contribution in [-0.4, -0.2) is 37.4 Å². The van der Waals surface area contributed by atoms with Crippen molar-refractivity contribution < 1.29 is 4.79 Å². The second-order valence-electron chi connectivity index (χ2n) is 4.88. The standard InChI is InChI=1S/C15H24N4O/c1-4-5-10-17-15(16)18-11-12-6-8-13(9-7-12)14(20)19(2)3/h6-9H,4-5,10-11H2,1-3H3,(H3,16,17,18). The summed E-state index contributed by atoms with van der Waals surface area (Å²) in [7, 11) is 3.48. The second kappa shape index (κ2) is 8.19. The number of guanidine groups is 1. The van der Waals surface area contributed by atoms with E-state index in [0.29, 0.717) is 18.1 Å². The molecule has 0 aliphatic rings. The van der Waals surface area contributed by atoms with Crippen molar-refractivity contribution in [2.24, 2.45) is 10.7 Å². The summed E-state index contributed by atoms with van der Waals surface area (Å²) in [6, 6.07) is 7.43. The van der Waals surface area contributed by atoms with Crippen LogP contribution >= 0.6 is 0 Å². The predicted molar refractivity (Wildman–Crippen MR) is 82.7 cm³/mol. The Kier molecular flexibility index (Phi) is 6.56. The van der Waals surface area contributed by atoms with Crippen LogP contribution in [0.2, 0.25) is 0 Å². The Morgan fingerprint density at radius 2 is 1.95 bits per heavy atom. The van der Waals surface area contributed by atoms with Crippen molar-refractivity contribution >= 4 is 11.9 Å².